The standard InChI is InChI=1S/C15H20N4O3S/c1-4-16-14(20)9-19(5-2)15-12-8-11(23(3,21)22)6-7-13(12)17-10-18-15/h6-8,10H,4-5,9H2,1-3H3,(H,16,20). The van der Waals surface area contributed by atoms with Crippen LogP contribution in [-0.2, 0) is 14.6 Å². The highest BCUT2D eigenvalue weighted by Gasteiger charge is 2.16. The number of carbonyl (C=O) groups excluding carboxylic acids is 1. The SMILES string of the molecule is CCNC(=O)CN(CC)c1ncnc2ccc(S(C)(=O)=O)cc12. The van der Waals surface area contributed by atoms with Gasteiger partial charge in [0.25, 0.3) is 0 Å². The number of nitrogens with one attached hydrogen (secondary N) is 1. The number of fused-ring (bicyclic) bond motifs is 1. The molecule has 124 valence electrons. The van der Waals surface area contributed by atoms with Crippen LogP contribution in [0.2, 0.25) is 0 Å². The summed E-state index contributed by atoms with van der Waals surface area (Å²) < 4.78 is 23.5. The van der Waals surface area contributed by atoms with Crippen molar-refractivity contribution < 1.29 is 13.2 Å². The lowest BCUT2D eigenvalue weighted by Gasteiger charge is -2.22. The molecule has 2 rings (SSSR count). The molecule has 7 nitrogen and oxygen atoms in total. The Labute approximate surface area is 135 Å². The summed E-state index contributed by atoms with van der Waals surface area (Å²) in [6, 6.07) is 4.73. The molecule has 0 aliphatic rings. The van der Waals surface area contributed by atoms with Crippen LogP contribution in [0.25, 0.3) is 10.9 Å². The molecule has 1 heterocycles. The molecular formula is C15H20N4O3S. The number of benzene rings is 1. The molecule has 0 bridgehead atoms. The summed E-state index contributed by atoms with van der Waals surface area (Å²) in [6.07, 6.45) is 2.57. The van der Waals surface area contributed by atoms with Crippen LogP contribution in [0.4, 0.5) is 5.82 Å². The largest absolute Gasteiger partial charge is 0.355 e. The van der Waals surface area contributed by atoms with E-state index in [0.29, 0.717) is 29.8 Å². The van der Waals surface area contributed by atoms with Crippen molar-refractivity contribution in [3.8, 4) is 0 Å². The lowest BCUT2D eigenvalue weighted by atomic mass is 10.2. The monoisotopic (exact) mass is 336 g/mol. The van der Waals surface area contributed by atoms with Gasteiger partial charge in [-0.15, -0.1) is 0 Å². The second-order valence-electron chi connectivity index (χ2n) is 5.12. The highest BCUT2D eigenvalue weighted by Crippen LogP contribution is 2.25. The maximum atomic E-state index is 11.9. The average molecular weight is 336 g/mol. The Balaban J connectivity index is 2.51. The molecule has 0 radical (unpaired) electrons. The van der Waals surface area contributed by atoms with Crippen molar-refractivity contribution in [2.75, 3.05) is 30.8 Å². The van der Waals surface area contributed by atoms with Crippen LogP contribution < -0.4 is 10.2 Å². The lowest BCUT2D eigenvalue weighted by molar-refractivity contribution is -0.119. The molecule has 0 aliphatic carbocycles. The van der Waals surface area contributed by atoms with Gasteiger partial charge in [-0.05, 0) is 32.0 Å². The fourth-order valence-corrected chi connectivity index (χ4v) is 2.91. The van der Waals surface area contributed by atoms with Crippen molar-refractivity contribution in [3.05, 3.63) is 24.5 Å². The van der Waals surface area contributed by atoms with Gasteiger partial charge in [0, 0.05) is 24.7 Å². The second-order valence-corrected chi connectivity index (χ2v) is 7.13. The third kappa shape index (κ3) is 3.95. The van der Waals surface area contributed by atoms with Gasteiger partial charge in [0.1, 0.15) is 12.1 Å². The van der Waals surface area contributed by atoms with Crippen molar-refractivity contribution in [3.63, 3.8) is 0 Å². The van der Waals surface area contributed by atoms with Gasteiger partial charge in [0.05, 0.1) is 17.0 Å². The summed E-state index contributed by atoms with van der Waals surface area (Å²) in [7, 11) is -3.33. The molecule has 1 aromatic heterocycles. The van der Waals surface area contributed by atoms with E-state index in [2.05, 4.69) is 15.3 Å². The van der Waals surface area contributed by atoms with Gasteiger partial charge < -0.3 is 10.2 Å². The van der Waals surface area contributed by atoms with E-state index in [1.807, 2.05) is 13.8 Å². The van der Waals surface area contributed by atoms with Gasteiger partial charge in [-0.3, -0.25) is 4.79 Å². The average Bonchev–Trinajstić information content (AvgIpc) is 2.51. The summed E-state index contributed by atoms with van der Waals surface area (Å²) in [5.74, 6) is 0.439. The molecule has 0 saturated carbocycles. The first-order valence-corrected chi connectivity index (χ1v) is 9.22. The first-order valence-electron chi connectivity index (χ1n) is 7.33. The zero-order valence-corrected chi connectivity index (χ0v) is 14.2. The number of hydrogen-bond donors (Lipinski definition) is 1. The van der Waals surface area contributed by atoms with Gasteiger partial charge in [0.15, 0.2) is 9.84 Å². The Morgan fingerprint density at radius 1 is 1.26 bits per heavy atom. The zero-order valence-electron chi connectivity index (χ0n) is 13.4. The number of anilines is 1. The van der Waals surface area contributed by atoms with Crippen LogP contribution in [0.15, 0.2) is 29.4 Å². The Morgan fingerprint density at radius 3 is 2.61 bits per heavy atom. The van der Waals surface area contributed by atoms with Crippen LogP contribution in [0.5, 0.6) is 0 Å². The van der Waals surface area contributed by atoms with Crippen molar-refractivity contribution in [2.45, 2.75) is 18.7 Å². The number of carbonyl (C=O) groups is 1. The molecule has 0 unspecified atom stereocenters. The van der Waals surface area contributed by atoms with Crippen LogP contribution in [0.3, 0.4) is 0 Å². The number of rotatable bonds is 6. The van der Waals surface area contributed by atoms with Crippen molar-refractivity contribution in [2.24, 2.45) is 0 Å². The van der Waals surface area contributed by atoms with Crippen molar-refractivity contribution >= 4 is 32.5 Å². The number of sulfone groups is 1. The predicted octanol–water partition coefficient (Wildman–Crippen LogP) is 0.996. The molecule has 1 amide bonds. The smallest absolute Gasteiger partial charge is 0.239 e. The Morgan fingerprint density at radius 2 is 2.00 bits per heavy atom. The maximum absolute atomic E-state index is 11.9. The predicted molar refractivity (Wildman–Crippen MR) is 89.2 cm³/mol. The molecule has 0 spiro atoms. The molecule has 0 saturated heterocycles. The molecule has 23 heavy (non-hydrogen) atoms. The van der Waals surface area contributed by atoms with Gasteiger partial charge in [0.2, 0.25) is 5.91 Å². The molecule has 0 aliphatic heterocycles. The molecular weight excluding hydrogens is 316 g/mol. The number of hydrogen-bond acceptors (Lipinski definition) is 6. The summed E-state index contributed by atoms with van der Waals surface area (Å²) in [4.78, 5) is 22.3. The van der Waals surface area contributed by atoms with Gasteiger partial charge in [-0.2, -0.15) is 0 Å². The molecule has 1 aromatic carbocycles. The minimum Gasteiger partial charge on any atom is -0.355 e. The second kappa shape index (κ2) is 6.91. The number of nitrogens with zero attached hydrogens (tertiary/aromatic N) is 3. The van der Waals surface area contributed by atoms with Crippen molar-refractivity contribution in [1.82, 2.24) is 15.3 Å². The van der Waals surface area contributed by atoms with Crippen LogP contribution in [-0.4, -0.2) is 50.2 Å². The topological polar surface area (TPSA) is 92.3 Å². The van der Waals surface area contributed by atoms with Gasteiger partial charge in [-0.25, -0.2) is 18.4 Å². The number of amides is 1. The van der Waals surface area contributed by atoms with E-state index < -0.39 is 9.84 Å². The molecule has 2 aromatic rings. The Bertz CT molecular complexity index is 821. The number of aromatic nitrogens is 2. The molecule has 0 fully saturated rings. The van der Waals surface area contributed by atoms with E-state index in [1.54, 1.807) is 17.0 Å². The zero-order chi connectivity index (χ0) is 17.0. The van der Waals surface area contributed by atoms with E-state index in [-0.39, 0.29) is 17.3 Å². The van der Waals surface area contributed by atoms with E-state index in [1.165, 1.54) is 12.4 Å². The van der Waals surface area contributed by atoms with Crippen molar-refractivity contribution in [1.29, 1.82) is 0 Å². The first kappa shape index (κ1) is 17.1. The Hall–Kier alpha value is -2.22. The third-order valence-corrected chi connectivity index (χ3v) is 4.51. The first-order chi connectivity index (χ1) is 10.9. The van der Waals surface area contributed by atoms with Crippen LogP contribution in [0.1, 0.15) is 13.8 Å². The van der Waals surface area contributed by atoms with E-state index in [4.69, 9.17) is 0 Å². The molecule has 0 atom stereocenters. The Kier molecular flexibility index (Phi) is 5.15. The lowest BCUT2D eigenvalue weighted by Crippen LogP contribution is -2.37. The highest BCUT2D eigenvalue weighted by atomic mass is 32.2. The van der Waals surface area contributed by atoms with Gasteiger partial charge in [-0.1, -0.05) is 0 Å². The van der Waals surface area contributed by atoms with E-state index >= 15 is 0 Å². The minimum atomic E-state index is -3.33. The molecule has 1 N–H and O–H groups in total. The normalized spacial score (nSPS) is 11.4. The van der Waals surface area contributed by atoms with E-state index in [9.17, 15) is 13.2 Å². The summed E-state index contributed by atoms with van der Waals surface area (Å²) in [5, 5.41) is 3.36. The number of likely N-dealkylation sites (N-methyl/N-ethyl adjacent to an activating group) is 2. The highest BCUT2D eigenvalue weighted by molar-refractivity contribution is 7.90. The van der Waals surface area contributed by atoms with E-state index in [0.717, 1.165) is 6.26 Å². The summed E-state index contributed by atoms with van der Waals surface area (Å²) in [6.45, 7) is 5.03. The third-order valence-electron chi connectivity index (χ3n) is 3.40. The fourth-order valence-electron chi connectivity index (χ4n) is 2.27. The fraction of sp³-hybridized carbons (Fsp3) is 0.400. The van der Waals surface area contributed by atoms with Gasteiger partial charge >= 0.3 is 0 Å². The quantitative estimate of drug-likeness (QED) is 0.846. The van der Waals surface area contributed by atoms with Crippen LogP contribution in [0, 0.1) is 0 Å². The van der Waals surface area contributed by atoms with Crippen LogP contribution >= 0.6 is 0 Å². The summed E-state index contributed by atoms with van der Waals surface area (Å²) >= 11 is 0. The minimum absolute atomic E-state index is 0.111. The molecule has 8 heteroatoms. The summed E-state index contributed by atoms with van der Waals surface area (Å²) in [5.41, 5.74) is 0.636. The maximum Gasteiger partial charge on any atom is 0.239 e.